The van der Waals surface area contributed by atoms with Gasteiger partial charge in [-0.2, -0.15) is 0 Å². The van der Waals surface area contributed by atoms with Crippen molar-refractivity contribution in [3.05, 3.63) is 35.2 Å². The van der Waals surface area contributed by atoms with Gasteiger partial charge in [-0.15, -0.1) is 6.58 Å². The minimum absolute atomic E-state index is 0.0710. The lowest BCUT2D eigenvalue weighted by Crippen LogP contribution is -2.11. The number of ether oxygens (including phenoxy) is 1. The molecule has 1 heterocycles. The second-order valence-corrected chi connectivity index (χ2v) is 4.96. The fraction of sp³-hybridized carbons (Fsp3) is 0.375. The third kappa shape index (κ3) is 2.28. The summed E-state index contributed by atoms with van der Waals surface area (Å²) in [4.78, 5) is 16.7. The molecule has 0 radical (unpaired) electrons. The molecule has 2 rings (SSSR count). The number of aromatic nitrogens is 2. The van der Waals surface area contributed by atoms with Crippen molar-refractivity contribution >= 4 is 17.0 Å². The number of benzene rings is 1. The maximum atomic E-state index is 12.2. The van der Waals surface area contributed by atoms with Gasteiger partial charge in [0, 0.05) is 12.6 Å². The molecule has 0 aliphatic heterocycles. The zero-order chi connectivity index (χ0) is 15.7. The van der Waals surface area contributed by atoms with Crippen molar-refractivity contribution < 1.29 is 14.6 Å². The molecule has 1 aromatic carbocycles. The van der Waals surface area contributed by atoms with E-state index in [1.54, 1.807) is 13.0 Å². The van der Waals surface area contributed by atoms with Crippen LogP contribution >= 0.6 is 0 Å². The van der Waals surface area contributed by atoms with Crippen LogP contribution in [0.25, 0.3) is 11.0 Å². The molecule has 0 saturated heterocycles. The van der Waals surface area contributed by atoms with Crippen LogP contribution in [-0.2, 0) is 18.2 Å². The number of phenolic OH excluding ortho intramolecular Hbond substituents is 1. The van der Waals surface area contributed by atoms with E-state index in [2.05, 4.69) is 11.6 Å². The van der Waals surface area contributed by atoms with Crippen LogP contribution in [0.4, 0.5) is 0 Å². The summed E-state index contributed by atoms with van der Waals surface area (Å²) in [6.45, 7) is 9.42. The summed E-state index contributed by atoms with van der Waals surface area (Å²) in [5.74, 6) is 0.406. The van der Waals surface area contributed by atoms with Crippen LogP contribution in [0.1, 0.15) is 34.2 Å². The minimum Gasteiger partial charge on any atom is -0.505 e. The van der Waals surface area contributed by atoms with Gasteiger partial charge in [-0.1, -0.05) is 6.08 Å². The molecule has 0 saturated carbocycles. The van der Waals surface area contributed by atoms with Crippen LogP contribution in [0.3, 0.4) is 0 Å². The van der Waals surface area contributed by atoms with Crippen LogP contribution in [0, 0.1) is 13.8 Å². The SMILES string of the molecule is C=CCc1c(C(=O)OCC)c(C)c2nc(C)n(C)c2c1O. The molecule has 0 spiro atoms. The Bertz CT molecular complexity index is 729. The summed E-state index contributed by atoms with van der Waals surface area (Å²) in [5, 5.41) is 10.6. The number of nitrogens with zero attached hydrogens (tertiary/aromatic N) is 2. The van der Waals surface area contributed by atoms with E-state index < -0.39 is 5.97 Å². The molecular formula is C16H20N2O3. The first-order chi connectivity index (χ1) is 9.93. The Hall–Kier alpha value is -2.30. The topological polar surface area (TPSA) is 64.3 Å². The number of carbonyl (C=O) groups is 1. The van der Waals surface area contributed by atoms with Gasteiger partial charge in [-0.3, -0.25) is 0 Å². The average molecular weight is 288 g/mol. The van der Waals surface area contributed by atoms with E-state index in [0.717, 1.165) is 11.4 Å². The standard InChI is InChI=1S/C16H20N2O3/c1-6-8-11-12(16(20)21-7-2)9(3)13-14(15(11)19)18(5)10(4)17-13/h6,19H,1,7-8H2,2-5H3. The largest absolute Gasteiger partial charge is 0.505 e. The van der Waals surface area contributed by atoms with E-state index in [1.807, 2.05) is 25.5 Å². The Balaban J connectivity index is 2.88. The highest BCUT2D eigenvalue weighted by molar-refractivity contribution is 6.01. The summed E-state index contributed by atoms with van der Waals surface area (Å²) in [6.07, 6.45) is 2.05. The Kier molecular flexibility index (Phi) is 4.02. The van der Waals surface area contributed by atoms with Gasteiger partial charge in [0.2, 0.25) is 0 Å². The van der Waals surface area contributed by atoms with Crippen molar-refractivity contribution in [2.75, 3.05) is 6.61 Å². The lowest BCUT2D eigenvalue weighted by molar-refractivity contribution is 0.0524. The molecule has 0 aliphatic rings. The number of rotatable bonds is 4. The lowest BCUT2D eigenvalue weighted by Gasteiger charge is -2.14. The number of carbonyl (C=O) groups excluding carboxylic acids is 1. The highest BCUT2D eigenvalue weighted by atomic mass is 16.5. The van der Waals surface area contributed by atoms with Crippen molar-refractivity contribution in [2.24, 2.45) is 7.05 Å². The van der Waals surface area contributed by atoms with Gasteiger partial charge in [0.15, 0.2) is 0 Å². The summed E-state index contributed by atoms with van der Waals surface area (Å²) in [5.41, 5.74) is 2.91. The molecule has 0 unspecified atom stereocenters. The predicted molar refractivity (Wildman–Crippen MR) is 81.7 cm³/mol. The van der Waals surface area contributed by atoms with Crippen LogP contribution in [0.5, 0.6) is 5.75 Å². The number of allylic oxidation sites excluding steroid dienone is 1. The first kappa shape index (κ1) is 15.1. The number of phenols is 1. The lowest BCUT2D eigenvalue weighted by atomic mass is 9.96. The molecule has 21 heavy (non-hydrogen) atoms. The second kappa shape index (κ2) is 5.60. The normalized spacial score (nSPS) is 10.9. The Morgan fingerprint density at radius 3 is 2.71 bits per heavy atom. The number of esters is 1. The molecule has 5 heteroatoms. The van der Waals surface area contributed by atoms with Gasteiger partial charge in [-0.05, 0) is 32.8 Å². The Morgan fingerprint density at radius 1 is 1.48 bits per heavy atom. The van der Waals surface area contributed by atoms with Crippen molar-refractivity contribution in [2.45, 2.75) is 27.2 Å². The van der Waals surface area contributed by atoms with Gasteiger partial charge in [0.1, 0.15) is 17.1 Å². The third-order valence-electron chi connectivity index (χ3n) is 3.69. The molecule has 1 aromatic heterocycles. The number of imidazole rings is 1. The Labute approximate surface area is 123 Å². The Morgan fingerprint density at radius 2 is 2.14 bits per heavy atom. The van der Waals surface area contributed by atoms with E-state index in [0.29, 0.717) is 28.6 Å². The molecule has 2 aromatic rings. The number of aryl methyl sites for hydroxylation is 3. The summed E-state index contributed by atoms with van der Waals surface area (Å²) >= 11 is 0. The fourth-order valence-corrected chi connectivity index (χ4v) is 2.57. The second-order valence-electron chi connectivity index (χ2n) is 4.96. The molecule has 0 fully saturated rings. The van der Waals surface area contributed by atoms with Gasteiger partial charge in [-0.25, -0.2) is 9.78 Å². The smallest absolute Gasteiger partial charge is 0.338 e. The van der Waals surface area contributed by atoms with Crippen molar-refractivity contribution in [1.82, 2.24) is 9.55 Å². The molecule has 0 atom stereocenters. The fourth-order valence-electron chi connectivity index (χ4n) is 2.57. The number of fused-ring (bicyclic) bond motifs is 1. The zero-order valence-electron chi connectivity index (χ0n) is 12.9. The maximum Gasteiger partial charge on any atom is 0.338 e. The number of hydrogen-bond acceptors (Lipinski definition) is 4. The molecule has 5 nitrogen and oxygen atoms in total. The predicted octanol–water partition coefficient (Wildman–Crippen LogP) is 2.80. The third-order valence-corrected chi connectivity index (χ3v) is 3.69. The minimum atomic E-state index is -0.438. The number of hydrogen-bond donors (Lipinski definition) is 1. The van der Waals surface area contributed by atoms with Gasteiger partial charge in [0.05, 0.1) is 17.7 Å². The van der Waals surface area contributed by atoms with Crippen LogP contribution < -0.4 is 0 Å². The maximum absolute atomic E-state index is 12.2. The molecule has 1 N–H and O–H groups in total. The summed E-state index contributed by atoms with van der Waals surface area (Å²) in [6, 6.07) is 0. The zero-order valence-corrected chi connectivity index (χ0v) is 12.9. The molecule has 0 aliphatic carbocycles. The van der Waals surface area contributed by atoms with Crippen molar-refractivity contribution in [3.63, 3.8) is 0 Å². The highest BCUT2D eigenvalue weighted by Gasteiger charge is 2.25. The van der Waals surface area contributed by atoms with Crippen molar-refractivity contribution in [3.8, 4) is 5.75 Å². The first-order valence-corrected chi connectivity index (χ1v) is 6.89. The summed E-state index contributed by atoms with van der Waals surface area (Å²) in [7, 11) is 1.84. The monoisotopic (exact) mass is 288 g/mol. The molecule has 0 amide bonds. The first-order valence-electron chi connectivity index (χ1n) is 6.89. The van der Waals surface area contributed by atoms with Crippen LogP contribution in [-0.4, -0.2) is 27.2 Å². The van der Waals surface area contributed by atoms with Gasteiger partial charge >= 0.3 is 5.97 Å². The van der Waals surface area contributed by atoms with Gasteiger partial charge < -0.3 is 14.4 Å². The summed E-state index contributed by atoms with van der Waals surface area (Å²) < 4.78 is 6.94. The quantitative estimate of drug-likeness (QED) is 0.694. The van der Waals surface area contributed by atoms with Crippen LogP contribution in [0.2, 0.25) is 0 Å². The molecule has 112 valence electrons. The van der Waals surface area contributed by atoms with Gasteiger partial charge in [0.25, 0.3) is 0 Å². The van der Waals surface area contributed by atoms with E-state index in [1.165, 1.54) is 0 Å². The highest BCUT2D eigenvalue weighted by Crippen LogP contribution is 2.36. The molecule has 0 bridgehead atoms. The molecular weight excluding hydrogens is 268 g/mol. The number of aromatic hydroxyl groups is 1. The van der Waals surface area contributed by atoms with E-state index in [9.17, 15) is 9.90 Å². The van der Waals surface area contributed by atoms with E-state index in [-0.39, 0.29) is 12.4 Å². The van der Waals surface area contributed by atoms with Crippen molar-refractivity contribution in [1.29, 1.82) is 0 Å². The van der Waals surface area contributed by atoms with Crippen LogP contribution in [0.15, 0.2) is 12.7 Å². The van der Waals surface area contributed by atoms with E-state index in [4.69, 9.17) is 4.74 Å². The van der Waals surface area contributed by atoms with E-state index >= 15 is 0 Å². The average Bonchev–Trinajstić information content (AvgIpc) is 2.73.